The predicted molar refractivity (Wildman–Crippen MR) is 72.9 cm³/mol. The van der Waals surface area contributed by atoms with Crippen LogP contribution in [0, 0.1) is 5.82 Å². The van der Waals surface area contributed by atoms with Gasteiger partial charge in [0.1, 0.15) is 5.82 Å². The Labute approximate surface area is 106 Å². The highest BCUT2D eigenvalue weighted by Crippen LogP contribution is 2.31. The highest BCUT2D eigenvalue weighted by Gasteiger charge is 2.12. The van der Waals surface area contributed by atoms with E-state index in [1.165, 1.54) is 30.0 Å². The molecule has 0 bridgehead atoms. The van der Waals surface area contributed by atoms with E-state index >= 15 is 0 Å². The Morgan fingerprint density at radius 2 is 1.72 bits per heavy atom. The highest BCUT2D eigenvalue weighted by molar-refractivity contribution is 5.77. The van der Waals surface area contributed by atoms with Gasteiger partial charge >= 0.3 is 0 Å². The number of benzene rings is 2. The van der Waals surface area contributed by atoms with Crippen molar-refractivity contribution in [3.63, 3.8) is 0 Å². The largest absolute Gasteiger partial charge is 0.396 e. The SMILES string of the molecule is Nc1c(F)cccc1-c1ccc2c(c1)CCCC2. The van der Waals surface area contributed by atoms with Crippen LogP contribution < -0.4 is 5.73 Å². The fourth-order valence-corrected chi connectivity index (χ4v) is 2.69. The molecule has 2 N–H and O–H groups in total. The third kappa shape index (κ3) is 1.88. The van der Waals surface area contributed by atoms with Gasteiger partial charge in [-0.2, -0.15) is 0 Å². The summed E-state index contributed by atoms with van der Waals surface area (Å²) in [5.41, 5.74) is 10.7. The molecule has 18 heavy (non-hydrogen) atoms. The van der Waals surface area contributed by atoms with Gasteiger partial charge in [0.2, 0.25) is 0 Å². The Kier molecular flexibility index (Phi) is 2.78. The molecule has 0 aliphatic heterocycles. The van der Waals surface area contributed by atoms with Crippen molar-refractivity contribution in [2.45, 2.75) is 25.7 Å². The highest BCUT2D eigenvalue weighted by atomic mass is 19.1. The third-order valence-corrected chi connectivity index (χ3v) is 3.71. The Morgan fingerprint density at radius 1 is 0.944 bits per heavy atom. The number of nitrogen functional groups attached to an aromatic ring is 1. The third-order valence-electron chi connectivity index (χ3n) is 3.71. The summed E-state index contributed by atoms with van der Waals surface area (Å²) in [5, 5.41) is 0. The van der Waals surface area contributed by atoms with Crippen LogP contribution >= 0.6 is 0 Å². The van der Waals surface area contributed by atoms with E-state index in [4.69, 9.17) is 5.73 Å². The number of anilines is 1. The monoisotopic (exact) mass is 241 g/mol. The molecule has 0 heterocycles. The van der Waals surface area contributed by atoms with Gasteiger partial charge in [-0.05, 0) is 48.4 Å². The van der Waals surface area contributed by atoms with Gasteiger partial charge in [-0.1, -0.05) is 30.3 Å². The summed E-state index contributed by atoms with van der Waals surface area (Å²) in [4.78, 5) is 0. The lowest BCUT2D eigenvalue weighted by atomic mass is 9.89. The first-order chi connectivity index (χ1) is 8.75. The topological polar surface area (TPSA) is 26.0 Å². The molecule has 0 radical (unpaired) electrons. The number of rotatable bonds is 1. The van der Waals surface area contributed by atoms with Crippen LogP contribution in [0.1, 0.15) is 24.0 Å². The summed E-state index contributed by atoms with van der Waals surface area (Å²) < 4.78 is 13.5. The number of hydrogen-bond donors (Lipinski definition) is 1. The van der Waals surface area contributed by atoms with E-state index in [9.17, 15) is 4.39 Å². The Bertz CT molecular complexity index is 590. The van der Waals surface area contributed by atoms with Crippen molar-refractivity contribution in [3.05, 3.63) is 53.3 Å². The van der Waals surface area contributed by atoms with Crippen molar-refractivity contribution in [3.8, 4) is 11.1 Å². The summed E-state index contributed by atoms with van der Waals surface area (Å²) in [7, 11) is 0. The number of para-hydroxylation sites is 1. The molecule has 1 aliphatic rings. The molecule has 0 atom stereocenters. The zero-order valence-corrected chi connectivity index (χ0v) is 10.2. The number of fused-ring (bicyclic) bond motifs is 1. The van der Waals surface area contributed by atoms with E-state index in [1.54, 1.807) is 6.07 Å². The zero-order chi connectivity index (χ0) is 12.5. The first-order valence-electron chi connectivity index (χ1n) is 6.42. The van der Waals surface area contributed by atoms with Crippen molar-refractivity contribution < 1.29 is 4.39 Å². The van der Waals surface area contributed by atoms with Crippen LogP contribution in [0.2, 0.25) is 0 Å². The maximum Gasteiger partial charge on any atom is 0.146 e. The Balaban J connectivity index is 2.09. The minimum atomic E-state index is -0.342. The zero-order valence-electron chi connectivity index (χ0n) is 10.2. The van der Waals surface area contributed by atoms with E-state index in [0.29, 0.717) is 0 Å². The smallest absolute Gasteiger partial charge is 0.146 e. The van der Waals surface area contributed by atoms with E-state index in [2.05, 4.69) is 18.2 Å². The molecule has 3 rings (SSSR count). The fraction of sp³-hybridized carbons (Fsp3) is 0.250. The molecule has 2 aromatic rings. The molecule has 0 amide bonds. The molecule has 2 heteroatoms. The van der Waals surface area contributed by atoms with Crippen LogP contribution in [-0.4, -0.2) is 0 Å². The van der Waals surface area contributed by atoms with Gasteiger partial charge in [0.15, 0.2) is 0 Å². The van der Waals surface area contributed by atoms with E-state index in [-0.39, 0.29) is 11.5 Å². The summed E-state index contributed by atoms with van der Waals surface area (Å²) in [6.45, 7) is 0. The molecule has 1 nitrogen and oxygen atoms in total. The minimum absolute atomic E-state index is 0.244. The van der Waals surface area contributed by atoms with Crippen LogP contribution in [0.5, 0.6) is 0 Å². The molecule has 0 saturated heterocycles. The van der Waals surface area contributed by atoms with Crippen LogP contribution in [0.3, 0.4) is 0 Å². The number of aryl methyl sites for hydroxylation is 2. The molecule has 0 spiro atoms. The lowest BCUT2D eigenvalue weighted by Crippen LogP contribution is -2.02. The van der Waals surface area contributed by atoms with Gasteiger partial charge in [-0.3, -0.25) is 0 Å². The fourth-order valence-electron chi connectivity index (χ4n) is 2.69. The lowest BCUT2D eigenvalue weighted by molar-refractivity contribution is 0.633. The second-order valence-corrected chi connectivity index (χ2v) is 4.89. The van der Waals surface area contributed by atoms with Crippen LogP contribution in [0.25, 0.3) is 11.1 Å². The van der Waals surface area contributed by atoms with Gasteiger partial charge in [-0.15, -0.1) is 0 Å². The molecular weight excluding hydrogens is 225 g/mol. The van der Waals surface area contributed by atoms with Crippen LogP contribution in [0.4, 0.5) is 10.1 Å². The lowest BCUT2D eigenvalue weighted by Gasteiger charge is -2.17. The Morgan fingerprint density at radius 3 is 2.56 bits per heavy atom. The number of hydrogen-bond acceptors (Lipinski definition) is 1. The first-order valence-corrected chi connectivity index (χ1v) is 6.42. The number of nitrogens with two attached hydrogens (primary N) is 1. The molecule has 0 aromatic heterocycles. The van der Waals surface area contributed by atoms with Crippen molar-refractivity contribution in [1.29, 1.82) is 0 Å². The van der Waals surface area contributed by atoms with Gasteiger partial charge in [0, 0.05) is 5.56 Å². The average Bonchev–Trinajstić information content (AvgIpc) is 2.41. The molecular formula is C16H16FN. The molecule has 92 valence electrons. The second kappa shape index (κ2) is 4.45. The van der Waals surface area contributed by atoms with Gasteiger partial charge in [-0.25, -0.2) is 4.39 Å². The second-order valence-electron chi connectivity index (χ2n) is 4.89. The first kappa shape index (κ1) is 11.3. The summed E-state index contributed by atoms with van der Waals surface area (Å²) >= 11 is 0. The Hall–Kier alpha value is -1.83. The number of halogens is 1. The molecule has 2 aromatic carbocycles. The minimum Gasteiger partial charge on any atom is -0.396 e. The summed E-state index contributed by atoms with van der Waals surface area (Å²) in [5.74, 6) is -0.342. The maximum atomic E-state index is 13.5. The average molecular weight is 241 g/mol. The molecule has 1 aliphatic carbocycles. The summed E-state index contributed by atoms with van der Waals surface area (Å²) in [6, 6.07) is 11.4. The quantitative estimate of drug-likeness (QED) is 0.751. The molecule has 0 unspecified atom stereocenters. The van der Waals surface area contributed by atoms with Crippen LogP contribution in [0.15, 0.2) is 36.4 Å². The van der Waals surface area contributed by atoms with Gasteiger partial charge in [0.05, 0.1) is 5.69 Å². The summed E-state index contributed by atoms with van der Waals surface area (Å²) in [6.07, 6.45) is 4.80. The van der Waals surface area contributed by atoms with Crippen LogP contribution in [-0.2, 0) is 12.8 Å². The van der Waals surface area contributed by atoms with Crippen molar-refractivity contribution in [1.82, 2.24) is 0 Å². The standard InChI is InChI=1S/C16H16FN/c17-15-7-3-6-14(16(15)18)13-9-8-11-4-1-2-5-12(11)10-13/h3,6-10H,1-2,4-5,18H2. The van der Waals surface area contributed by atoms with Gasteiger partial charge in [0.25, 0.3) is 0 Å². The van der Waals surface area contributed by atoms with E-state index < -0.39 is 0 Å². The van der Waals surface area contributed by atoms with Crippen molar-refractivity contribution >= 4 is 5.69 Å². The van der Waals surface area contributed by atoms with Crippen molar-refractivity contribution in [2.75, 3.05) is 5.73 Å². The molecule has 0 saturated carbocycles. The van der Waals surface area contributed by atoms with E-state index in [0.717, 1.165) is 24.0 Å². The maximum absolute atomic E-state index is 13.5. The van der Waals surface area contributed by atoms with Crippen molar-refractivity contribution in [2.24, 2.45) is 0 Å². The molecule has 0 fully saturated rings. The van der Waals surface area contributed by atoms with E-state index in [1.807, 2.05) is 6.07 Å². The predicted octanol–water partition coefficient (Wildman–Crippen LogP) is 3.95. The van der Waals surface area contributed by atoms with Gasteiger partial charge < -0.3 is 5.73 Å². The normalized spacial score (nSPS) is 14.3.